The Bertz CT molecular complexity index is 2470. The SMILES string of the molecule is CO[C@@H]1O[C@H](COC(C)=O)[C@@H](O[C@@H]2O[C@H](COC(=O)c3ccc(Br)cc3)[C@@H](OC(=O)c3ccc(Br)cc3)[C@H](OC(=O)c3ccc(Br)cc3)[C@H]2OC(=O)c2ccc(Br)cc2)[C@H](OC(C)=O)[C@H]1OC(C)=O. The summed E-state index contributed by atoms with van der Waals surface area (Å²) in [7, 11) is 1.22. The fourth-order valence-electron chi connectivity index (χ4n) is 7.05. The van der Waals surface area contributed by atoms with Gasteiger partial charge in [0.25, 0.3) is 0 Å². The maximum absolute atomic E-state index is 14.3. The predicted molar refractivity (Wildman–Crippen MR) is 251 cm³/mol. The van der Waals surface area contributed by atoms with Crippen LogP contribution < -0.4 is 0 Å². The molecule has 10 atom stereocenters. The zero-order chi connectivity index (χ0) is 49.9. The van der Waals surface area contributed by atoms with Crippen molar-refractivity contribution in [2.24, 2.45) is 0 Å². The predicted octanol–water partition coefficient (Wildman–Crippen LogP) is 7.48. The average molecular weight is 1210 g/mol. The molecular formula is C47H42Br4O18. The highest BCUT2D eigenvalue weighted by molar-refractivity contribution is 9.11. The van der Waals surface area contributed by atoms with Gasteiger partial charge in [0.2, 0.25) is 0 Å². The number of benzene rings is 4. The van der Waals surface area contributed by atoms with Gasteiger partial charge in [0.1, 0.15) is 31.5 Å². The molecule has 0 radical (unpaired) electrons. The minimum Gasteiger partial charge on any atom is -0.463 e. The molecule has 4 aromatic carbocycles. The third kappa shape index (κ3) is 14.5. The topological polar surface area (TPSA) is 221 Å². The standard InChI is InChI=1S/C47H42Br4O18/c1-23(52)60-21-34-37(38(62-24(2)53)40(63-25(3)54)46(59-4)64-34)69-47-41(68-45(58)29-11-19-33(51)20-12-29)39(67-44(57)28-9-17-32(50)18-10-28)36(66-43(56)27-7-15-31(49)16-8-27)35(65-47)22-61-42(55)26-5-13-30(48)14-6-26/h5-20,34-41,46-47H,21-22H2,1-4H3/t34-,35-,36-,37-,38+,39+,40-,41-,46-,47+/m1/s1. The first kappa shape index (κ1) is 53.3. The van der Waals surface area contributed by atoms with Gasteiger partial charge in [0, 0.05) is 45.8 Å². The van der Waals surface area contributed by atoms with Crippen molar-refractivity contribution in [2.75, 3.05) is 20.3 Å². The van der Waals surface area contributed by atoms with Crippen LogP contribution in [0, 0.1) is 0 Å². The van der Waals surface area contributed by atoms with Crippen molar-refractivity contribution >= 4 is 106 Å². The Morgan fingerprint density at radius 1 is 0.406 bits per heavy atom. The number of carbonyl (C=O) groups excluding carboxylic acids is 7. The Balaban J connectivity index is 1.53. The number of carbonyl (C=O) groups is 7. The Hall–Kier alpha value is -5.07. The lowest BCUT2D eigenvalue weighted by molar-refractivity contribution is -0.356. The van der Waals surface area contributed by atoms with Gasteiger partial charge in [-0.15, -0.1) is 0 Å². The van der Waals surface area contributed by atoms with Gasteiger partial charge in [-0.25, -0.2) is 19.2 Å². The lowest BCUT2D eigenvalue weighted by atomic mass is 9.95. The molecule has 2 heterocycles. The van der Waals surface area contributed by atoms with E-state index in [1.165, 1.54) is 55.6 Å². The van der Waals surface area contributed by atoms with E-state index in [1.54, 1.807) is 48.5 Å². The minimum atomic E-state index is -1.98. The second-order valence-electron chi connectivity index (χ2n) is 15.1. The smallest absolute Gasteiger partial charge is 0.338 e. The first-order chi connectivity index (χ1) is 32.9. The molecule has 2 fully saturated rings. The minimum absolute atomic E-state index is 0.00299. The van der Waals surface area contributed by atoms with Gasteiger partial charge < -0.3 is 52.1 Å². The number of hydrogen-bond acceptors (Lipinski definition) is 18. The molecule has 6 rings (SSSR count). The first-order valence-corrected chi connectivity index (χ1v) is 23.9. The summed E-state index contributed by atoms with van der Waals surface area (Å²) in [6.07, 6.45) is -16.9. The summed E-state index contributed by atoms with van der Waals surface area (Å²) in [5.74, 6) is -6.32. The molecule has 2 aliphatic rings. The van der Waals surface area contributed by atoms with Crippen molar-refractivity contribution < 1.29 is 85.7 Å². The lowest BCUT2D eigenvalue weighted by Gasteiger charge is -2.48. The normalized spacial score (nSPS) is 24.2. The van der Waals surface area contributed by atoms with Crippen LogP contribution in [0.4, 0.5) is 0 Å². The molecule has 0 aromatic heterocycles. The van der Waals surface area contributed by atoms with Crippen LogP contribution in [-0.4, -0.2) is 124 Å². The Morgan fingerprint density at radius 2 is 0.739 bits per heavy atom. The van der Waals surface area contributed by atoms with E-state index in [1.807, 2.05) is 0 Å². The van der Waals surface area contributed by atoms with Gasteiger partial charge >= 0.3 is 41.8 Å². The summed E-state index contributed by atoms with van der Waals surface area (Å²) < 4.78 is 68.2. The maximum Gasteiger partial charge on any atom is 0.338 e. The highest BCUT2D eigenvalue weighted by atomic mass is 79.9. The average Bonchev–Trinajstić information content (AvgIpc) is 3.31. The van der Waals surface area contributed by atoms with Gasteiger partial charge in [-0.3, -0.25) is 14.4 Å². The zero-order valence-electron chi connectivity index (χ0n) is 36.8. The fourth-order valence-corrected chi connectivity index (χ4v) is 8.10. The third-order valence-corrected chi connectivity index (χ3v) is 12.3. The summed E-state index contributed by atoms with van der Waals surface area (Å²) in [6.45, 7) is 1.97. The molecule has 0 unspecified atom stereocenters. The van der Waals surface area contributed by atoms with Gasteiger partial charge in [0.05, 0.1) is 22.3 Å². The molecular weight excluding hydrogens is 1170 g/mol. The van der Waals surface area contributed by atoms with E-state index >= 15 is 0 Å². The van der Waals surface area contributed by atoms with Crippen LogP contribution in [0.15, 0.2) is 115 Å². The summed E-state index contributed by atoms with van der Waals surface area (Å²) >= 11 is 13.4. The van der Waals surface area contributed by atoms with E-state index in [-0.39, 0.29) is 22.3 Å². The van der Waals surface area contributed by atoms with Gasteiger partial charge in [0.15, 0.2) is 43.1 Å². The van der Waals surface area contributed by atoms with Crippen LogP contribution >= 0.6 is 63.7 Å². The number of ether oxygens (including phenoxy) is 11. The van der Waals surface area contributed by atoms with Crippen molar-refractivity contribution in [1.29, 1.82) is 0 Å². The maximum atomic E-state index is 14.3. The Morgan fingerprint density at radius 3 is 1.16 bits per heavy atom. The Kier molecular flexibility index (Phi) is 19.0. The van der Waals surface area contributed by atoms with E-state index in [2.05, 4.69) is 63.7 Å². The molecule has 0 amide bonds. The molecule has 0 saturated carbocycles. The third-order valence-electron chi connectivity index (χ3n) is 10.2. The lowest BCUT2D eigenvalue weighted by Crippen LogP contribution is -2.67. The molecule has 22 heteroatoms. The van der Waals surface area contributed by atoms with Crippen LogP contribution in [0.1, 0.15) is 62.2 Å². The Labute approximate surface area is 428 Å². The molecule has 0 aliphatic carbocycles. The summed E-state index contributed by atoms with van der Waals surface area (Å²) in [5, 5.41) is 0. The summed E-state index contributed by atoms with van der Waals surface area (Å²) in [6, 6.07) is 24.3. The number of esters is 7. The van der Waals surface area contributed by atoms with Crippen molar-refractivity contribution in [1.82, 2.24) is 0 Å². The van der Waals surface area contributed by atoms with E-state index < -0.39 is 116 Å². The first-order valence-electron chi connectivity index (χ1n) is 20.7. The second kappa shape index (κ2) is 24.7. The highest BCUT2D eigenvalue weighted by Crippen LogP contribution is 2.37. The van der Waals surface area contributed by atoms with Crippen LogP contribution in [0.25, 0.3) is 0 Å². The van der Waals surface area contributed by atoms with Crippen LogP contribution in [-0.2, 0) is 66.5 Å². The molecule has 4 aromatic rings. The van der Waals surface area contributed by atoms with Crippen molar-refractivity contribution in [3.63, 3.8) is 0 Å². The molecule has 69 heavy (non-hydrogen) atoms. The van der Waals surface area contributed by atoms with Crippen LogP contribution in [0.2, 0.25) is 0 Å². The molecule has 366 valence electrons. The molecule has 0 spiro atoms. The molecule has 2 saturated heterocycles. The molecule has 0 bridgehead atoms. The summed E-state index contributed by atoms with van der Waals surface area (Å²) in [4.78, 5) is 93.8. The zero-order valence-corrected chi connectivity index (χ0v) is 43.1. The monoisotopic (exact) mass is 1210 g/mol. The van der Waals surface area contributed by atoms with Crippen LogP contribution in [0.3, 0.4) is 0 Å². The molecule has 2 aliphatic heterocycles. The van der Waals surface area contributed by atoms with Gasteiger partial charge in [-0.1, -0.05) is 63.7 Å². The number of methoxy groups -OCH3 is 1. The largest absolute Gasteiger partial charge is 0.463 e. The van der Waals surface area contributed by atoms with Crippen molar-refractivity contribution in [2.45, 2.75) is 82.2 Å². The highest BCUT2D eigenvalue weighted by Gasteiger charge is 2.58. The summed E-state index contributed by atoms with van der Waals surface area (Å²) in [5.41, 5.74) is 0.145. The van der Waals surface area contributed by atoms with E-state index in [9.17, 15) is 33.6 Å². The number of halogens is 4. The van der Waals surface area contributed by atoms with Crippen molar-refractivity contribution in [3.8, 4) is 0 Å². The second-order valence-corrected chi connectivity index (χ2v) is 18.8. The quantitative estimate of drug-likeness (QED) is 0.0784. The fraction of sp³-hybridized carbons (Fsp3) is 0.340. The number of rotatable bonds is 16. The van der Waals surface area contributed by atoms with Crippen LogP contribution in [0.5, 0.6) is 0 Å². The molecule has 0 N–H and O–H groups in total. The molecule has 18 nitrogen and oxygen atoms in total. The van der Waals surface area contributed by atoms with Gasteiger partial charge in [-0.2, -0.15) is 0 Å². The van der Waals surface area contributed by atoms with Crippen molar-refractivity contribution in [3.05, 3.63) is 137 Å². The van der Waals surface area contributed by atoms with Gasteiger partial charge in [-0.05, 0) is 97.1 Å². The number of hydrogen-bond donors (Lipinski definition) is 0. The van der Waals surface area contributed by atoms with E-state index in [4.69, 9.17) is 52.1 Å². The van der Waals surface area contributed by atoms with E-state index in [0.717, 1.165) is 20.8 Å². The van der Waals surface area contributed by atoms with E-state index in [0.29, 0.717) is 17.9 Å².